The Bertz CT molecular complexity index is 924. The van der Waals surface area contributed by atoms with Gasteiger partial charge in [0.15, 0.2) is 0 Å². The molecular formula is C17H11ClN2. The molecule has 0 fully saturated rings. The van der Waals surface area contributed by atoms with Crippen LogP contribution in [0.15, 0.2) is 60.7 Å². The third-order valence-electron chi connectivity index (χ3n) is 3.50. The fraction of sp³-hybridized carbons (Fsp3) is 0. The summed E-state index contributed by atoms with van der Waals surface area (Å²) < 4.78 is 0. The molecule has 2 nitrogen and oxygen atoms in total. The minimum atomic E-state index is 0.721. The van der Waals surface area contributed by atoms with E-state index in [0.717, 1.165) is 38.2 Å². The summed E-state index contributed by atoms with van der Waals surface area (Å²) in [5.41, 5.74) is 4.99. The second-order valence-electron chi connectivity index (χ2n) is 4.74. The number of benzene rings is 2. The predicted octanol–water partition coefficient (Wildman–Crippen LogP) is 5.04. The monoisotopic (exact) mass is 278 g/mol. The Morgan fingerprint density at radius 1 is 0.800 bits per heavy atom. The van der Waals surface area contributed by atoms with Crippen molar-refractivity contribution < 1.29 is 0 Å². The predicted molar refractivity (Wildman–Crippen MR) is 84.0 cm³/mol. The van der Waals surface area contributed by atoms with Crippen molar-refractivity contribution in [2.24, 2.45) is 0 Å². The fourth-order valence-corrected chi connectivity index (χ4v) is 2.76. The Morgan fingerprint density at radius 2 is 1.60 bits per heavy atom. The van der Waals surface area contributed by atoms with Gasteiger partial charge in [-0.2, -0.15) is 0 Å². The van der Waals surface area contributed by atoms with Gasteiger partial charge >= 0.3 is 0 Å². The highest BCUT2D eigenvalue weighted by molar-refractivity contribution is 6.33. The molecule has 2 aromatic carbocycles. The number of pyridine rings is 1. The van der Waals surface area contributed by atoms with Crippen molar-refractivity contribution in [1.29, 1.82) is 0 Å². The number of aromatic nitrogens is 2. The Balaban J connectivity index is 2.03. The summed E-state index contributed by atoms with van der Waals surface area (Å²) in [4.78, 5) is 8.15. The Morgan fingerprint density at radius 3 is 2.50 bits per heavy atom. The highest BCUT2D eigenvalue weighted by atomic mass is 35.5. The van der Waals surface area contributed by atoms with Gasteiger partial charge in [-0.25, -0.2) is 4.98 Å². The first-order chi connectivity index (χ1) is 9.83. The van der Waals surface area contributed by atoms with E-state index in [9.17, 15) is 0 Å². The number of fused-ring (bicyclic) bond motifs is 3. The quantitative estimate of drug-likeness (QED) is 0.519. The van der Waals surface area contributed by atoms with E-state index in [4.69, 9.17) is 16.6 Å². The van der Waals surface area contributed by atoms with Crippen molar-refractivity contribution in [3.05, 3.63) is 65.7 Å². The molecule has 20 heavy (non-hydrogen) atoms. The molecule has 0 aliphatic rings. The SMILES string of the molecule is Clc1ccccc1-c1ccc2[nH]c3ccccc3c2n1. The summed E-state index contributed by atoms with van der Waals surface area (Å²) in [5, 5.41) is 1.86. The molecule has 0 unspecified atom stereocenters. The van der Waals surface area contributed by atoms with Gasteiger partial charge in [-0.3, -0.25) is 0 Å². The molecule has 0 radical (unpaired) electrons. The zero-order valence-corrected chi connectivity index (χ0v) is 11.4. The molecule has 4 aromatic rings. The lowest BCUT2D eigenvalue weighted by atomic mass is 10.1. The molecule has 0 aliphatic carbocycles. The van der Waals surface area contributed by atoms with Crippen molar-refractivity contribution in [2.45, 2.75) is 0 Å². The van der Waals surface area contributed by atoms with E-state index >= 15 is 0 Å². The Kier molecular flexibility index (Phi) is 2.51. The molecule has 96 valence electrons. The topological polar surface area (TPSA) is 28.7 Å². The molecule has 4 rings (SSSR count). The van der Waals surface area contributed by atoms with Gasteiger partial charge in [0.1, 0.15) is 0 Å². The standard InChI is InChI=1S/C17H11ClN2/c18-13-7-3-1-5-11(13)15-9-10-16-17(20-15)12-6-2-4-8-14(12)19-16/h1-10,19H. The van der Waals surface area contributed by atoms with Crippen molar-refractivity contribution in [1.82, 2.24) is 9.97 Å². The number of hydrogen-bond donors (Lipinski definition) is 1. The van der Waals surface area contributed by atoms with Gasteiger partial charge in [0.2, 0.25) is 0 Å². The number of H-pyrrole nitrogens is 1. The van der Waals surface area contributed by atoms with Gasteiger partial charge < -0.3 is 4.98 Å². The zero-order valence-electron chi connectivity index (χ0n) is 10.6. The maximum Gasteiger partial charge on any atom is 0.0965 e. The second kappa shape index (κ2) is 4.36. The van der Waals surface area contributed by atoms with Gasteiger partial charge in [-0.15, -0.1) is 0 Å². The first-order valence-electron chi connectivity index (χ1n) is 6.45. The number of para-hydroxylation sites is 1. The molecule has 0 spiro atoms. The van der Waals surface area contributed by atoms with Gasteiger partial charge in [-0.05, 0) is 24.3 Å². The van der Waals surface area contributed by atoms with Crippen molar-refractivity contribution in [3.8, 4) is 11.3 Å². The maximum atomic E-state index is 6.25. The molecule has 0 saturated heterocycles. The molecule has 0 amide bonds. The molecule has 0 atom stereocenters. The first-order valence-corrected chi connectivity index (χ1v) is 6.83. The second-order valence-corrected chi connectivity index (χ2v) is 5.15. The summed E-state index contributed by atoms with van der Waals surface area (Å²) >= 11 is 6.25. The van der Waals surface area contributed by atoms with Crippen LogP contribution in [-0.4, -0.2) is 9.97 Å². The summed E-state index contributed by atoms with van der Waals surface area (Å²) in [6.45, 7) is 0. The minimum Gasteiger partial charge on any atom is -0.353 e. The van der Waals surface area contributed by atoms with Gasteiger partial charge in [0.05, 0.1) is 16.7 Å². The summed E-state index contributed by atoms with van der Waals surface area (Å²) in [7, 11) is 0. The van der Waals surface area contributed by atoms with Crippen molar-refractivity contribution in [2.75, 3.05) is 0 Å². The van der Waals surface area contributed by atoms with E-state index < -0.39 is 0 Å². The molecule has 0 bridgehead atoms. The number of nitrogens with one attached hydrogen (secondary N) is 1. The molecule has 0 aliphatic heterocycles. The van der Waals surface area contributed by atoms with Crippen molar-refractivity contribution >= 4 is 33.5 Å². The zero-order chi connectivity index (χ0) is 13.5. The number of halogens is 1. The van der Waals surface area contributed by atoms with E-state index in [1.54, 1.807) is 0 Å². The largest absolute Gasteiger partial charge is 0.353 e. The smallest absolute Gasteiger partial charge is 0.0965 e. The lowest BCUT2D eigenvalue weighted by Gasteiger charge is -2.03. The summed E-state index contributed by atoms with van der Waals surface area (Å²) in [6, 6.07) is 20.0. The number of hydrogen-bond acceptors (Lipinski definition) is 1. The highest BCUT2D eigenvalue weighted by Crippen LogP contribution is 2.30. The van der Waals surface area contributed by atoms with Crippen LogP contribution >= 0.6 is 11.6 Å². The summed E-state index contributed by atoms with van der Waals surface area (Å²) in [6.07, 6.45) is 0. The van der Waals surface area contributed by atoms with E-state index in [1.807, 2.05) is 42.5 Å². The molecular weight excluding hydrogens is 268 g/mol. The minimum absolute atomic E-state index is 0.721. The molecule has 2 heterocycles. The molecule has 1 N–H and O–H groups in total. The van der Waals surface area contributed by atoms with E-state index in [1.165, 1.54) is 0 Å². The first kappa shape index (κ1) is 11.5. The third kappa shape index (κ3) is 1.69. The summed E-state index contributed by atoms with van der Waals surface area (Å²) in [5.74, 6) is 0. The third-order valence-corrected chi connectivity index (χ3v) is 3.83. The maximum absolute atomic E-state index is 6.25. The van der Waals surface area contributed by atoms with Crippen LogP contribution in [0.1, 0.15) is 0 Å². The molecule has 2 aromatic heterocycles. The average molecular weight is 279 g/mol. The van der Waals surface area contributed by atoms with Crippen LogP contribution in [0, 0.1) is 0 Å². The normalized spacial score (nSPS) is 11.2. The molecule has 0 saturated carbocycles. The number of nitrogens with zero attached hydrogens (tertiary/aromatic N) is 1. The van der Waals surface area contributed by atoms with Gasteiger partial charge in [-0.1, -0.05) is 48.0 Å². The van der Waals surface area contributed by atoms with Crippen molar-refractivity contribution in [3.63, 3.8) is 0 Å². The molecule has 3 heteroatoms. The Hall–Kier alpha value is -2.32. The van der Waals surface area contributed by atoms with Crippen LogP contribution < -0.4 is 0 Å². The van der Waals surface area contributed by atoms with E-state index in [0.29, 0.717) is 0 Å². The van der Waals surface area contributed by atoms with Crippen LogP contribution in [0.5, 0.6) is 0 Å². The van der Waals surface area contributed by atoms with Crippen LogP contribution in [0.25, 0.3) is 33.2 Å². The van der Waals surface area contributed by atoms with Crippen LogP contribution in [-0.2, 0) is 0 Å². The fourth-order valence-electron chi connectivity index (χ4n) is 2.53. The van der Waals surface area contributed by atoms with Crippen LogP contribution in [0.2, 0.25) is 5.02 Å². The lowest BCUT2D eigenvalue weighted by molar-refractivity contribution is 1.40. The van der Waals surface area contributed by atoms with E-state index in [-0.39, 0.29) is 0 Å². The highest BCUT2D eigenvalue weighted by Gasteiger charge is 2.08. The van der Waals surface area contributed by atoms with Gasteiger partial charge in [0, 0.05) is 21.5 Å². The average Bonchev–Trinajstić information content (AvgIpc) is 2.85. The van der Waals surface area contributed by atoms with Crippen LogP contribution in [0.3, 0.4) is 0 Å². The van der Waals surface area contributed by atoms with Gasteiger partial charge in [0.25, 0.3) is 0 Å². The number of rotatable bonds is 1. The Labute approximate surface area is 121 Å². The number of aromatic amines is 1. The lowest BCUT2D eigenvalue weighted by Crippen LogP contribution is -1.84. The van der Waals surface area contributed by atoms with Crippen LogP contribution in [0.4, 0.5) is 0 Å². The van der Waals surface area contributed by atoms with E-state index in [2.05, 4.69) is 23.2 Å².